The van der Waals surface area contributed by atoms with Crippen molar-refractivity contribution in [3.8, 4) is 0 Å². The number of hydrogen-bond donors (Lipinski definition) is 1. The second kappa shape index (κ2) is 5.32. The molecule has 3 rings (SSSR count). The van der Waals surface area contributed by atoms with E-state index in [1.165, 1.54) is 0 Å². The van der Waals surface area contributed by atoms with Gasteiger partial charge in [0.1, 0.15) is 0 Å². The summed E-state index contributed by atoms with van der Waals surface area (Å²) in [5.74, 6) is 0. The molecule has 2 heterocycles. The van der Waals surface area contributed by atoms with Crippen LogP contribution in [0, 0.1) is 0 Å². The molecule has 1 N–H and O–H groups in total. The number of nitrogens with zero attached hydrogens (tertiary/aromatic N) is 1. The van der Waals surface area contributed by atoms with E-state index in [9.17, 15) is 13.5 Å². The summed E-state index contributed by atoms with van der Waals surface area (Å²) in [5.41, 5.74) is 1.14. The standard InChI is InChI=1S/C17H25NO3S/c1-17(2,3)12-4-8-16(9-5-12)22(20,21)18-13-6-7-14(18)11-15(19)10-13/h4-5,8-9,13-15,19H,6-7,10-11H2,1-3H3. The van der Waals surface area contributed by atoms with Crippen LogP contribution >= 0.6 is 0 Å². The van der Waals surface area contributed by atoms with Crippen molar-refractivity contribution in [1.29, 1.82) is 0 Å². The van der Waals surface area contributed by atoms with Gasteiger partial charge in [-0.25, -0.2) is 8.42 Å². The van der Waals surface area contributed by atoms with Crippen molar-refractivity contribution in [2.24, 2.45) is 0 Å². The summed E-state index contributed by atoms with van der Waals surface area (Å²) in [5, 5.41) is 9.85. The Kier molecular flexibility index (Phi) is 3.86. The topological polar surface area (TPSA) is 57.6 Å². The van der Waals surface area contributed by atoms with E-state index in [0.29, 0.717) is 17.7 Å². The first kappa shape index (κ1) is 16.0. The van der Waals surface area contributed by atoms with Crippen molar-refractivity contribution in [2.45, 2.75) is 75.0 Å². The Hall–Kier alpha value is -0.910. The lowest BCUT2D eigenvalue weighted by molar-refractivity contribution is 0.0769. The normalized spacial score (nSPS) is 29.7. The minimum absolute atomic E-state index is 0.0105. The third kappa shape index (κ3) is 2.70. The van der Waals surface area contributed by atoms with Gasteiger partial charge in [-0.05, 0) is 48.8 Å². The van der Waals surface area contributed by atoms with Gasteiger partial charge in [-0.3, -0.25) is 0 Å². The van der Waals surface area contributed by atoms with E-state index in [2.05, 4.69) is 20.8 Å². The monoisotopic (exact) mass is 323 g/mol. The zero-order valence-corrected chi connectivity index (χ0v) is 14.3. The molecule has 4 nitrogen and oxygen atoms in total. The maximum absolute atomic E-state index is 13.0. The molecule has 2 bridgehead atoms. The summed E-state index contributed by atoms with van der Waals surface area (Å²) in [4.78, 5) is 0.369. The van der Waals surface area contributed by atoms with Crippen LogP contribution in [0.3, 0.4) is 0 Å². The zero-order valence-electron chi connectivity index (χ0n) is 13.5. The van der Waals surface area contributed by atoms with Crippen LogP contribution in [0.1, 0.15) is 52.0 Å². The third-order valence-corrected chi connectivity index (χ3v) is 6.96. The Morgan fingerprint density at radius 1 is 1.05 bits per heavy atom. The summed E-state index contributed by atoms with van der Waals surface area (Å²) in [7, 11) is -3.46. The lowest BCUT2D eigenvalue weighted by atomic mass is 9.87. The molecule has 2 atom stereocenters. The molecule has 2 aliphatic heterocycles. The van der Waals surface area contributed by atoms with E-state index in [-0.39, 0.29) is 23.6 Å². The Morgan fingerprint density at radius 3 is 2.00 bits per heavy atom. The van der Waals surface area contributed by atoms with Gasteiger partial charge in [0.05, 0.1) is 11.0 Å². The van der Waals surface area contributed by atoms with Gasteiger partial charge in [-0.15, -0.1) is 0 Å². The van der Waals surface area contributed by atoms with Gasteiger partial charge < -0.3 is 5.11 Å². The van der Waals surface area contributed by atoms with Crippen LogP contribution in [0.4, 0.5) is 0 Å². The number of sulfonamides is 1. The number of aliphatic hydroxyl groups excluding tert-OH is 1. The second-order valence-electron chi connectivity index (χ2n) is 7.62. The first-order valence-corrected chi connectivity index (χ1v) is 9.46. The van der Waals surface area contributed by atoms with Gasteiger partial charge in [0.15, 0.2) is 0 Å². The molecule has 0 aliphatic carbocycles. The van der Waals surface area contributed by atoms with Crippen molar-refractivity contribution in [3.63, 3.8) is 0 Å². The molecule has 0 radical (unpaired) electrons. The van der Waals surface area contributed by atoms with Crippen molar-refractivity contribution >= 4 is 10.0 Å². The molecular formula is C17H25NO3S. The predicted octanol–water partition coefficient (Wildman–Crippen LogP) is 2.66. The van der Waals surface area contributed by atoms with E-state index < -0.39 is 10.0 Å². The highest BCUT2D eigenvalue weighted by atomic mass is 32.2. The molecule has 2 fully saturated rings. The van der Waals surface area contributed by atoms with Gasteiger partial charge >= 0.3 is 0 Å². The lowest BCUT2D eigenvalue weighted by Gasteiger charge is -2.36. The fraction of sp³-hybridized carbons (Fsp3) is 0.647. The highest BCUT2D eigenvalue weighted by molar-refractivity contribution is 7.89. The fourth-order valence-electron chi connectivity index (χ4n) is 3.75. The highest BCUT2D eigenvalue weighted by Gasteiger charge is 2.46. The number of hydrogen-bond acceptors (Lipinski definition) is 3. The average Bonchev–Trinajstić information content (AvgIpc) is 2.71. The molecule has 2 aliphatic rings. The van der Waals surface area contributed by atoms with Crippen LogP contribution in [0.25, 0.3) is 0 Å². The molecule has 1 aromatic carbocycles. The maximum atomic E-state index is 13.0. The van der Waals surface area contributed by atoms with Gasteiger partial charge in [-0.2, -0.15) is 4.31 Å². The molecule has 2 saturated heterocycles. The van der Waals surface area contributed by atoms with Crippen LogP contribution in [0.5, 0.6) is 0 Å². The lowest BCUT2D eigenvalue weighted by Crippen LogP contribution is -2.47. The van der Waals surface area contributed by atoms with Crippen molar-refractivity contribution in [3.05, 3.63) is 29.8 Å². The molecular weight excluding hydrogens is 298 g/mol. The average molecular weight is 323 g/mol. The summed E-state index contributed by atoms with van der Waals surface area (Å²) in [6.45, 7) is 6.34. The van der Waals surface area contributed by atoms with Gasteiger partial charge in [0, 0.05) is 12.1 Å². The number of benzene rings is 1. The molecule has 122 valence electrons. The fourth-order valence-corrected chi connectivity index (χ4v) is 5.64. The van der Waals surface area contributed by atoms with Gasteiger partial charge in [-0.1, -0.05) is 32.9 Å². The number of fused-ring (bicyclic) bond motifs is 2. The van der Waals surface area contributed by atoms with Crippen molar-refractivity contribution in [1.82, 2.24) is 4.31 Å². The smallest absolute Gasteiger partial charge is 0.243 e. The molecule has 0 saturated carbocycles. The van der Waals surface area contributed by atoms with E-state index in [0.717, 1.165) is 18.4 Å². The van der Waals surface area contributed by atoms with E-state index in [1.807, 2.05) is 12.1 Å². The quantitative estimate of drug-likeness (QED) is 0.910. The van der Waals surface area contributed by atoms with Crippen LogP contribution in [0.2, 0.25) is 0 Å². The predicted molar refractivity (Wildman–Crippen MR) is 86.2 cm³/mol. The van der Waals surface area contributed by atoms with Gasteiger partial charge in [0.25, 0.3) is 0 Å². The Labute approximate surface area is 133 Å². The molecule has 22 heavy (non-hydrogen) atoms. The molecule has 0 amide bonds. The van der Waals surface area contributed by atoms with Crippen molar-refractivity contribution < 1.29 is 13.5 Å². The first-order valence-electron chi connectivity index (χ1n) is 8.02. The second-order valence-corrected chi connectivity index (χ2v) is 9.46. The summed E-state index contributed by atoms with van der Waals surface area (Å²) in [6, 6.07) is 7.18. The van der Waals surface area contributed by atoms with Gasteiger partial charge in [0.2, 0.25) is 10.0 Å². The van der Waals surface area contributed by atoms with Crippen molar-refractivity contribution in [2.75, 3.05) is 0 Å². The summed E-state index contributed by atoms with van der Waals surface area (Å²) < 4.78 is 27.6. The number of aliphatic hydroxyl groups is 1. The molecule has 1 aromatic rings. The summed E-state index contributed by atoms with van der Waals surface area (Å²) >= 11 is 0. The zero-order chi connectivity index (χ0) is 16.1. The minimum atomic E-state index is -3.46. The van der Waals surface area contributed by atoms with Crippen LogP contribution in [0.15, 0.2) is 29.2 Å². The van der Waals surface area contributed by atoms with Crippen LogP contribution in [-0.2, 0) is 15.4 Å². The van der Waals surface area contributed by atoms with E-state index in [4.69, 9.17) is 0 Å². The number of piperidine rings is 1. The molecule has 2 unspecified atom stereocenters. The molecule has 0 aromatic heterocycles. The van der Waals surface area contributed by atoms with Crippen LogP contribution in [-0.4, -0.2) is 36.0 Å². The van der Waals surface area contributed by atoms with Crippen LogP contribution < -0.4 is 0 Å². The Balaban J connectivity index is 1.91. The SMILES string of the molecule is CC(C)(C)c1ccc(S(=O)(=O)N2C3CCC2CC(O)C3)cc1. The Morgan fingerprint density at radius 2 is 1.55 bits per heavy atom. The molecule has 0 spiro atoms. The summed E-state index contributed by atoms with van der Waals surface area (Å²) in [6.07, 6.45) is 2.50. The highest BCUT2D eigenvalue weighted by Crippen LogP contribution is 2.39. The molecule has 5 heteroatoms. The van der Waals surface area contributed by atoms with E-state index in [1.54, 1.807) is 16.4 Å². The third-order valence-electron chi connectivity index (χ3n) is 4.94. The Bertz CT molecular complexity index is 631. The largest absolute Gasteiger partial charge is 0.393 e. The minimum Gasteiger partial charge on any atom is -0.393 e. The maximum Gasteiger partial charge on any atom is 0.243 e. The number of rotatable bonds is 2. The first-order chi connectivity index (χ1) is 10.2. The van der Waals surface area contributed by atoms with E-state index >= 15 is 0 Å².